The molecule has 0 aromatic heterocycles. The fourth-order valence-corrected chi connectivity index (χ4v) is 1.81. The average molecular weight is 380 g/mol. The maximum absolute atomic E-state index is 12.5. The molecule has 0 radical (unpaired) electrons. The molecule has 0 atom stereocenters. The molecule has 1 rings (SSSR count). The van der Waals surface area contributed by atoms with Crippen molar-refractivity contribution in [2.75, 3.05) is 7.05 Å². The highest BCUT2D eigenvalue weighted by molar-refractivity contribution is 5.90. The van der Waals surface area contributed by atoms with E-state index in [0.29, 0.717) is 5.01 Å². The van der Waals surface area contributed by atoms with Gasteiger partial charge in [0.1, 0.15) is 17.8 Å². The molecule has 0 aliphatic heterocycles. The normalized spacial score (nSPS) is 11.4. The summed E-state index contributed by atoms with van der Waals surface area (Å²) in [6.07, 6.45) is -3.00. The minimum absolute atomic E-state index is 0.0683. The Labute approximate surface area is 159 Å². The Kier molecular flexibility index (Phi) is 7.21. The predicted octanol–water partition coefficient (Wildman–Crippen LogP) is 4.34. The molecular formula is C19H28N2O6. The summed E-state index contributed by atoms with van der Waals surface area (Å²) in [6, 6.07) is 8.95. The Balaban J connectivity index is 2.96. The minimum Gasteiger partial charge on any atom is -0.443 e. The number of ether oxygens (including phenoxy) is 3. The first-order valence-corrected chi connectivity index (χ1v) is 8.50. The van der Waals surface area contributed by atoms with Crippen molar-refractivity contribution in [3.63, 3.8) is 0 Å². The molecule has 27 heavy (non-hydrogen) atoms. The minimum atomic E-state index is -1.05. The molecule has 0 aliphatic carbocycles. The first-order chi connectivity index (χ1) is 12.3. The van der Waals surface area contributed by atoms with Gasteiger partial charge in [-0.3, -0.25) is 0 Å². The second-order valence-electron chi connectivity index (χ2n) is 7.84. The summed E-state index contributed by atoms with van der Waals surface area (Å²) in [5.74, 6) is 0. The molecule has 0 saturated heterocycles. The topological polar surface area (TPSA) is 85.4 Å². The van der Waals surface area contributed by atoms with Crippen LogP contribution in [0.4, 0.5) is 14.4 Å². The van der Waals surface area contributed by atoms with Crippen LogP contribution in [0.1, 0.15) is 47.1 Å². The van der Waals surface area contributed by atoms with Gasteiger partial charge in [-0.1, -0.05) is 30.3 Å². The van der Waals surface area contributed by atoms with Crippen LogP contribution in [0.3, 0.4) is 0 Å². The smallest absolute Gasteiger partial charge is 0.439 e. The van der Waals surface area contributed by atoms with Crippen LogP contribution in [-0.4, -0.2) is 46.5 Å². The van der Waals surface area contributed by atoms with E-state index in [-0.39, 0.29) is 6.61 Å². The zero-order valence-electron chi connectivity index (χ0n) is 16.9. The molecule has 150 valence electrons. The quantitative estimate of drug-likeness (QED) is 0.560. The summed E-state index contributed by atoms with van der Waals surface area (Å²) >= 11 is 0. The summed E-state index contributed by atoms with van der Waals surface area (Å²) < 4.78 is 15.6. The molecule has 0 saturated carbocycles. The highest BCUT2D eigenvalue weighted by atomic mass is 16.6. The second kappa shape index (κ2) is 8.75. The highest BCUT2D eigenvalue weighted by Crippen LogP contribution is 2.16. The fraction of sp³-hybridized carbons (Fsp3) is 0.526. The van der Waals surface area contributed by atoms with Crippen LogP contribution in [0.15, 0.2) is 30.3 Å². The van der Waals surface area contributed by atoms with Gasteiger partial charge in [0.05, 0.1) is 0 Å². The van der Waals surface area contributed by atoms with E-state index < -0.39 is 29.5 Å². The number of hydrazine groups is 1. The number of hydrogen-bond acceptors (Lipinski definition) is 6. The van der Waals surface area contributed by atoms with Crippen molar-refractivity contribution in [3.05, 3.63) is 35.9 Å². The van der Waals surface area contributed by atoms with Gasteiger partial charge in [-0.25, -0.2) is 19.4 Å². The Morgan fingerprint density at radius 3 is 1.78 bits per heavy atom. The average Bonchev–Trinajstić information content (AvgIpc) is 2.50. The van der Waals surface area contributed by atoms with Crippen molar-refractivity contribution in [1.82, 2.24) is 10.0 Å². The molecule has 0 fully saturated rings. The first kappa shape index (κ1) is 22.3. The van der Waals surface area contributed by atoms with Gasteiger partial charge < -0.3 is 14.2 Å². The highest BCUT2D eigenvalue weighted by Gasteiger charge is 2.36. The standard InChI is InChI=1S/C19H28N2O6/c1-18(2,3)26-15(22)20(7)21(17(24)27-19(4,5)6)16(23)25-13-14-11-9-8-10-12-14/h8-12H,13H2,1-7H3. The summed E-state index contributed by atoms with van der Waals surface area (Å²) in [4.78, 5) is 37.3. The van der Waals surface area contributed by atoms with Crippen molar-refractivity contribution < 1.29 is 28.6 Å². The van der Waals surface area contributed by atoms with Crippen LogP contribution in [0, 0.1) is 0 Å². The maximum Gasteiger partial charge on any atom is 0.439 e. The van der Waals surface area contributed by atoms with E-state index in [9.17, 15) is 14.4 Å². The SMILES string of the molecule is CN(C(=O)OC(C)(C)C)N(C(=O)OCc1ccccc1)C(=O)OC(C)(C)C. The van der Waals surface area contributed by atoms with Crippen LogP contribution in [0.5, 0.6) is 0 Å². The van der Waals surface area contributed by atoms with Crippen molar-refractivity contribution in [3.8, 4) is 0 Å². The van der Waals surface area contributed by atoms with Gasteiger partial charge in [0.25, 0.3) is 0 Å². The summed E-state index contributed by atoms with van der Waals surface area (Å²) in [7, 11) is 1.22. The Morgan fingerprint density at radius 1 is 0.815 bits per heavy atom. The second-order valence-corrected chi connectivity index (χ2v) is 7.84. The molecule has 0 unspecified atom stereocenters. The van der Waals surface area contributed by atoms with E-state index in [1.165, 1.54) is 7.05 Å². The van der Waals surface area contributed by atoms with E-state index >= 15 is 0 Å². The first-order valence-electron chi connectivity index (χ1n) is 8.50. The molecule has 0 bridgehead atoms. The molecule has 8 heteroatoms. The van der Waals surface area contributed by atoms with Crippen molar-refractivity contribution in [2.45, 2.75) is 59.4 Å². The Bertz CT molecular complexity index is 661. The molecular weight excluding hydrogens is 352 g/mol. The third kappa shape index (κ3) is 7.98. The molecule has 1 aromatic rings. The van der Waals surface area contributed by atoms with E-state index in [4.69, 9.17) is 14.2 Å². The van der Waals surface area contributed by atoms with Crippen molar-refractivity contribution in [2.24, 2.45) is 0 Å². The number of benzene rings is 1. The third-order valence-electron chi connectivity index (χ3n) is 2.90. The number of nitrogens with zero attached hydrogens (tertiary/aromatic N) is 2. The van der Waals surface area contributed by atoms with Crippen molar-refractivity contribution >= 4 is 18.3 Å². The monoisotopic (exact) mass is 380 g/mol. The van der Waals surface area contributed by atoms with E-state index in [1.807, 2.05) is 6.07 Å². The van der Waals surface area contributed by atoms with E-state index in [0.717, 1.165) is 10.6 Å². The lowest BCUT2D eigenvalue weighted by Gasteiger charge is -2.32. The third-order valence-corrected chi connectivity index (χ3v) is 2.90. The molecule has 0 N–H and O–H groups in total. The molecule has 8 nitrogen and oxygen atoms in total. The van der Waals surface area contributed by atoms with Gasteiger partial charge in [0.15, 0.2) is 0 Å². The summed E-state index contributed by atoms with van der Waals surface area (Å²) in [5.41, 5.74) is -0.946. The molecule has 0 aliphatic rings. The van der Waals surface area contributed by atoms with Gasteiger partial charge in [-0.15, -0.1) is 5.01 Å². The van der Waals surface area contributed by atoms with Crippen LogP contribution in [-0.2, 0) is 20.8 Å². The Morgan fingerprint density at radius 2 is 1.30 bits per heavy atom. The zero-order valence-corrected chi connectivity index (χ0v) is 16.9. The van der Waals surface area contributed by atoms with Gasteiger partial charge >= 0.3 is 18.3 Å². The number of rotatable bonds is 2. The van der Waals surface area contributed by atoms with Crippen molar-refractivity contribution in [1.29, 1.82) is 0 Å². The van der Waals surface area contributed by atoms with E-state index in [2.05, 4.69) is 0 Å². The summed E-state index contributed by atoms with van der Waals surface area (Å²) in [6.45, 7) is 9.88. The Hall–Kier alpha value is -2.77. The van der Waals surface area contributed by atoms with Gasteiger partial charge in [-0.05, 0) is 47.1 Å². The van der Waals surface area contributed by atoms with Crippen LogP contribution in [0.25, 0.3) is 0 Å². The number of carbonyl (C=O) groups excluding carboxylic acids is 3. The molecule has 0 heterocycles. The lowest BCUT2D eigenvalue weighted by molar-refractivity contribution is -0.0495. The number of imide groups is 1. The lowest BCUT2D eigenvalue weighted by Crippen LogP contribution is -2.53. The van der Waals surface area contributed by atoms with E-state index in [1.54, 1.807) is 65.8 Å². The zero-order chi connectivity index (χ0) is 20.8. The number of amides is 3. The predicted molar refractivity (Wildman–Crippen MR) is 98.7 cm³/mol. The fourth-order valence-electron chi connectivity index (χ4n) is 1.81. The number of carbonyl (C=O) groups is 3. The molecule has 3 amide bonds. The molecule has 0 spiro atoms. The number of hydrogen-bond donors (Lipinski definition) is 0. The largest absolute Gasteiger partial charge is 0.443 e. The van der Waals surface area contributed by atoms with Gasteiger partial charge in [-0.2, -0.15) is 0 Å². The maximum atomic E-state index is 12.5. The van der Waals surface area contributed by atoms with Crippen LogP contribution < -0.4 is 0 Å². The van der Waals surface area contributed by atoms with Gasteiger partial charge in [0.2, 0.25) is 0 Å². The lowest BCUT2D eigenvalue weighted by atomic mass is 10.2. The van der Waals surface area contributed by atoms with Crippen LogP contribution >= 0.6 is 0 Å². The molecule has 1 aromatic carbocycles. The summed E-state index contributed by atoms with van der Waals surface area (Å²) in [5, 5.41) is 1.20. The van der Waals surface area contributed by atoms with Crippen LogP contribution in [0.2, 0.25) is 0 Å². The van der Waals surface area contributed by atoms with Gasteiger partial charge in [0, 0.05) is 7.05 Å².